The minimum absolute atomic E-state index is 0.0382. The predicted octanol–water partition coefficient (Wildman–Crippen LogP) is 2.69. The summed E-state index contributed by atoms with van der Waals surface area (Å²) in [7, 11) is 0. The molecule has 0 aliphatic heterocycles. The van der Waals surface area contributed by atoms with Crippen molar-refractivity contribution in [3.8, 4) is 5.75 Å². The van der Waals surface area contributed by atoms with E-state index in [9.17, 15) is 10.1 Å². The Kier molecular flexibility index (Phi) is 3.91. The van der Waals surface area contributed by atoms with E-state index < -0.39 is 4.92 Å². The number of rotatable bonds is 5. The Bertz CT molecular complexity index is 540. The maximum atomic E-state index is 10.9. The number of nitro benzene ring substituents is 1. The van der Waals surface area contributed by atoms with Crippen molar-refractivity contribution in [2.24, 2.45) is 5.73 Å². The van der Waals surface area contributed by atoms with Crippen LogP contribution in [0.2, 0.25) is 0 Å². The van der Waals surface area contributed by atoms with Crippen molar-refractivity contribution in [2.75, 3.05) is 0 Å². The Balaban J connectivity index is 2.20. The highest BCUT2D eigenvalue weighted by Gasteiger charge is 2.15. The van der Waals surface area contributed by atoms with Gasteiger partial charge in [-0.3, -0.25) is 10.1 Å². The van der Waals surface area contributed by atoms with E-state index in [1.807, 2.05) is 17.5 Å². The average molecular weight is 264 g/mol. The average Bonchev–Trinajstić information content (AvgIpc) is 2.88. The van der Waals surface area contributed by atoms with Gasteiger partial charge < -0.3 is 10.5 Å². The molecule has 6 heteroatoms. The number of nitro groups is 1. The minimum atomic E-state index is -0.454. The predicted molar refractivity (Wildman–Crippen MR) is 69.6 cm³/mol. The Morgan fingerprint density at radius 2 is 2.22 bits per heavy atom. The summed E-state index contributed by atoms with van der Waals surface area (Å²) in [5.41, 5.74) is 6.28. The fourth-order valence-electron chi connectivity index (χ4n) is 1.50. The zero-order valence-electron chi connectivity index (χ0n) is 9.54. The molecule has 2 N–H and O–H groups in total. The summed E-state index contributed by atoms with van der Waals surface area (Å²) >= 11 is 1.55. The number of hydrogen-bond acceptors (Lipinski definition) is 5. The smallest absolute Gasteiger partial charge is 0.310 e. The largest absolute Gasteiger partial charge is 0.481 e. The van der Waals surface area contributed by atoms with E-state index in [1.54, 1.807) is 23.5 Å². The fourth-order valence-corrected chi connectivity index (χ4v) is 2.11. The first-order chi connectivity index (χ1) is 8.70. The Morgan fingerprint density at radius 1 is 1.39 bits per heavy atom. The van der Waals surface area contributed by atoms with Gasteiger partial charge in [-0.05, 0) is 23.1 Å². The van der Waals surface area contributed by atoms with E-state index >= 15 is 0 Å². The number of nitrogens with zero attached hydrogens (tertiary/aromatic N) is 1. The molecule has 0 aliphatic rings. The summed E-state index contributed by atoms with van der Waals surface area (Å²) in [6.45, 7) is 0.653. The van der Waals surface area contributed by atoms with E-state index in [0.717, 1.165) is 10.4 Å². The zero-order chi connectivity index (χ0) is 13.0. The maximum absolute atomic E-state index is 10.9. The van der Waals surface area contributed by atoms with Gasteiger partial charge in [0.15, 0.2) is 5.75 Å². The number of hydrogen-bond donors (Lipinski definition) is 1. The van der Waals surface area contributed by atoms with Crippen LogP contribution in [0, 0.1) is 10.1 Å². The van der Waals surface area contributed by atoms with Gasteiger partial charge in [0.2, 0.25) is 0 Å². The molecular formula is C12H12N2O3S. The van der Waals surface area contributed by atoms with E-state index in [1.165, 1.54) is 6.07 Å². The van der Waals surface area contributed by atoms with Crippen molar-refractivity contribution >= 4 is 17.0 Å². The first-order valence-corrected chi connectivity index (χ1v) is 6.21. The van der Waals surface area contributed by atoms with Gasteiger partial charge in [0.05, 0.1) is 4.92 Å². The van der Waals surface area contributed by atoms with Crippen LogP contribution in [0.15, 0.2) is 35.7 Å². The third-order valence-corrected chi connectivity index (χ3v) is 3.26. The number of thiophene rings is 1. The second kappa shape index (κ2) is 5.61. The molecule has 0 saturated carbocycles. The first-order valence-electron chi connectivity index (χ1n) is 5.33. The normalized spacial score (nSPS) is 10.3. The summed E-state index contributed by atoms with van der Waals surface area (Å²) in [4.78, 5) is 11.4. The lowest BCUT2D eigenvalue weighted by atomic mass is 10.2. The molecular weight excluding hydrogens is 252 g/mol. The van der Waals surface area contributed by atoms with Crippen LogP contribution in [0.4, 0.5) is 5.69 Å². The lowest BCUT2D eigenvalue weighted by Crippen LogP contribution is -2.01. The number of ether oxygens (including phenoxy) is 1. The molecule has 0 spiro atoms. The van der Waals surface area contributed by atoms with Gasteiger partial charge in [-0.1, -0.05) is 12.1 Å². The molecule has 0 fully saturated rings. The Hall–Kier alpha value is -1.92. The van der Waals surface area contributed by atoms with Gasteiger partial charge in [0.25, 0.3) is 0 Å². The summed E-state index contributed by atoms with van der Waals surface area (Å²) in [5.74, 6) is 0.261. The summed E-state index contributed by atoms with van der Waals surface area (Å²) in [6, 6.07) is 8.51. The molecule has 0 aliphatic carbocycles. The van der Waals surface area contributed by atoms with Gasteiger partial charge in [-0.25, -0.2) is 0 Å². The van der Waals surface area contributed by atoms with Crippen LogP contribution in [0.5, 0.6) is 5.75 Å². The lowest BCUT2D eigenvalue weighted by Gasteiger charge is -2.07. The van der Waals surface area contributed by atoms with Crippen LogP contribution in [0.25, 0.3) is 0 Å². The molecule has 5 nitrogen and oxygen atoms in total. The number of benzene rings is 1. The van der Waals surface area contributed by atoms with Crippen molar-refractivity contribution in [1.82, 2.24) is 0 Å². The molecule has 94 valence electrons. The third-order valence-electron chi connectivity index (χ3n) is 2.41. The van der Waals surface area contributed by atoms with Crippen LogP contribution in [0.3, 0.4) is 0 Å². The van der Waals surface area contributed by atoms with Crippen LogP contribution < -0.4 is 10.5 Å². The Labute approximate surface area is 108 Å². The quantitative estimate of drug-likeness (QED) is 0.665. The molecule has 0 unspecified atom stereocenters. The van der Waals surface area contributed by atoms with Crippen LogP contribution in [-0.2, 0) is 13.2 Å². The van der Waals surface area contributed by atoms with Gasteiger partial charge in [0, 0.05) is 17.5 Å². The second-order valence-electron chi connectivity index (χ2n) is 3.63. The monoisotopic (exact) mass is 264 g/mol. The molecule has 0 bridgehead atoms. The molecule has 1 aromatic heterocycles. The van der Waals surface area contributed by atoms with Crippen LogP contribution in [0.1, 0.15) is 10.4 Å². The lowest BCUT2D eigenvalue weighted by molar-refractivity contribution is -0.386. The van der Waals surface area contributed by atoms with Gasteiger partial charge >= 0.3 is 5.69 Å². The minimum Gasteiger partial charge on any atom is -0.481 e. The summed E-state index contributed by atoms with van der Waals surface area (Å²) in [5, 5.41) is 12.8. The van der Waals surface area contributed by atoms with Crippen LogP contribution in [-0.4, -0.2) is 4.92 Å². The molecule has 1 aromatic carbocycles. The standard InChI is InChI=1S/C12H12N2O3S/c13-7-9-3-4-11(14(15)16)12(6-9)17-8-10-2-1-5-18-10/h1-6H,7-8,13H2. The first kappa shape index (κ1) is 12.5. The van der Waals surface area contributed by atoms with Crippen molar-refractivity contribution in [3.05, 3.63) is 56.3 Å². The molecule has 18 heavy (non-hydrogen) atoms. The highest BCUT2D eigenvalue weighted by Crippen LogP contribution is 2.29. The molecule has 2 aromatic rings. The maximum Gasteiger partial charge on any atom is 0.310 e. The Morgan fingerprint density at radius 3 is 2.83 bits per heavy atom. The van der Waals surface area contributed by atoms with E-state index in [-0.39, 0.29) is 11.4 Å². The number of nitrogens with two attached hydrogens (primary N) is 1. The topological polar surface area (TPSA) is 78.4 Å². The van der Waals surface area contributed by atoms with Crippen molar-refractivity contribution in [1.29, 1.82) is 0 Å². The third kappa shape index (κ3) is 2.85. The highest BCUT2D eigenvalue weighted by molar-refractivity contribution is 7.09. The van der Waals surface area contributed by atoms with E-state index in [2.05, 4.69) is 0 Å². The molecule has 0 radical (unpaired) electrons. The fraction of sp³-hybridized carbons (Fsp3) is 0.167. The zero-order valence-corrected chi connectivity index (χ0v) is 10.4. The van der Waals surface area contributed by atoms with E-state index in [0.29, 0.717) is 13.2 Å². The summed E-state index contributed by atoms with van der Waals surface area (Å²) < 4.78 is 5.50. The molecule has 0 saturated heterocycles. The molecule has 0 amide bonds. The second-order valence-corrected chi connectivity index (χ2v) is 4.66. The molecule has 2 rings (SSSR count). The molecule has 0 atom stereocenters. The SMILES string of the molecule is NCc1ccc([N+](=O)[O-])c(OCc2cccs2)c1. The van der Waals surface area contributed by atoms with E-state index in [4.69, 9.17) is 10.5 Å². The van der Waals surface area contributed by atoms with Crippen molar-refractivity contribution < 1.29 is 9.66 Å². The van der Waals surface area contributed by atoms with Gasteiger partial charge in [0.1, 0.15) is 6.61 Å². The molecule has 1 heterocycles. The summed E-state index contributed by atoms with van der Waals surface area (Å²) in [6.07, 6.45) is 0. The van der Waals surface area contributed by atoms with Crippen molar-refractivity contribution in [2.45, 2.75) is 13.2 Å². The highest BCUT2D eigenvalue weighted by atomic mass is 32.1. The van der Waals surface area contributed by atoms with Gasteiger partial charge in [-0.15, -0.1) is 11.3 Å². The van der Waals surface area contributed by atoms with Crippen molar-refractivity contribution in [3.63, 3.8) is 0 Å². The van der Waals surface area contributed by atoms with Gasteiger partial charge in [-0.2, -0.15) is 0 Å². The van der Waals surface area contributed by atoms with Crippen LogP contribution >= 0.6 is 11.3 Å².